The summed E-state index contributed by atoms with van der Waals surface area (Å²) in [6.07, 6.45) is 4.88. The first-order chi connectivity index (χ1) is 8.67. The van der Waals surface area contributed by atoms with E-state index in [0.29, 0.717) is 11.8 Å². The molecule has 18 heavy (non-hydrogen) atoms. The van der Waals surface area contributed by atoms with Crippen LogP contribution in [0.5, 0.6) is 0 Å². The molecular formula is C15H24N2O. The minimum Gasteiger partial charge on any atom is -0.347 e. The summed E-state index contributed by atoms with van der Waals surface area (Å²) in [5, 5.41) is 0. The lowest BCUT2D eigenvalue weighted by molar-refractivity contribution is 0.0971. The molecule has 0 bridgehead atoms. The smallest absolute Gasteiger partial charge is 0.164 e. The van der Waals surface area contributed by atoms with Crippen LogP contribution in [0, 0.1) is 0 Å². The molecule has 1 aromatic heterocycles. The fourth-order valence-corrected chi connectivity index (χ4v) is 2.91. The molecule has 0 radical (unpaired) electrons. The Hall–Kier alpha value is -1.09. The van der Waals surface area contributed by atoms with Gasteiger partial charge in [0.15, 0.2) is 5.78 Å². The van der Waals surface area contributed by atoms with E-state index in [2.05, 4.69) is 36.4 Å². The second kappa shape index (κ2) is 5.70. The number of nitrogens with zero attached hydrogens (tertiary/aromatic N) is 2. The van der Waals surface area contributed by atoms with E-state index in [1.807, 2.05) is 6.07 Å². The highest BCUT2D eigenvalue weighted by Crippen LogP contribution is 2.25. The molecule has 1 aromatic rings. The van der Waals surface area contributed by atoms with Crippen molar-refractivity contribution in [2.24, 2.45) is 0 Å². The molecule has 3 heteroatoms. The van der Waals surface area contributed by atoms with Crippen molar-refractivity contribution in [2.75, 3.05) is 19.6 Å². The molecule has 1 aliphatic carbocycles. The molecule has 0 fully saturated rings. The van der Waals surface area contributed by atoms with Crippen LogP contribution >= 0.6 is 0 Å². The molecule has 1 heterocycles. The molecule has 1 aliphatic rings. The highest BCUT2D eigenvalue weighted by Gasteiger charge is 2.22. The molecule has 0 aromatic carbocycles. The summed E-state index contributed by atoms with van der Waals surface area (Å²) in [6.45, 7) is 9.88. The lowest BCUT2D eigenvalue weighted by Crippen LogP contribution is -2.30. The second-order valence-electron chi connectivity index (χ2n) is 5.19. The highest BCUT2D eigenvalue weighted by molar-refractivity contribution is 5.98. The Morgan fingerprint density at radius 1 is 1.33 bits per heavy atom. The van der Waals surface area contributed by atoms with E-state index in [1.54, 1.807) is 0 Å². The number of aromatic nitrogens is 1. The van der Waals surface area contributed by atoms with Gasteiger partial charge in [-0.05, 0) is 38.9 Å². The van der Waals surface area contributed by atoms with Gasteiger partial charge in [0.05, 0.1) is 0 Å². The number of rotatable bonds is 5. The number of hydrogen-bond donors (Lipinski definition) is 0. The van der Waals surface area contributed by atoms with E-state index in [4.69, 9.17) is 0 Å². The van der Waals surface area contributed by atoms with Crippen molar-refractivity contribution in [3.8, 4) is 0 Å². The van der Waals surface area contributed by atoms with Crippen LogP contribution in [0.3, 0.4) is 0 Å². The first-order valence-corrected chi connectivity index (χ1v) is 7.12. The SMILES string of the molecule is CCN(CC)CC(C)n1ccc2c1CCCC2=O. The largest absolute Gasteiger partial charge is 0.347 e. The fourth-order valence-electron chi connectivity index (χ4n) is 2.91. The van der Waals surface area contributed by atoms with Crippen molar-refractivity contribution in [1.82, 2.24) is 9.47 Å². The molecule has 0 saturated heterocycles. The number of hydrogen-bond acceptors (Lipinski definition) is 2. The first kappa shape index (κ1) is 13.3. The molecular weight excluding hydrogens is 224 g/mol. The molecule has 100 valence electrons. The number of ketones is 1. The maximum atomic E-state index is 11.8. The van der Waals surface area contributed by atoms with Crippen LogP contribution in [0.4, 0.5) is 0 Å². The van der Waals surface area contributed by atoms with Gasteiger partial charge in [-0.2, -0.15) is 0 Å². The average molecular weight is 248 g/mol. The topological polar surface area (TPSA) is 25.2 Å². The summed E-state index contributed by atoms with van der Waals surface area (Å²) in [5.74, 6) is 0.324. The van der Waals surface area contributed by atoms with E-state index >= 15 is 0 Å². The van der Waals surface area contributed by atoms with Crippen molar-refractivity contribution in [2.45, 2.75) is 46.1 Å². The Morgan fingerprint density at radius 2 is 2.06 bits per heavy atom. The standard InChI is InChI=1S/C15H24N2O/c1-4-16(5-2)11-12(3)17-10-9-13-14(17)7-6-8-15(13)18/h9-10,12H,4-8,11H2,1-3H3. The first-order valence-electron chi connectivity index (χ1n) is 7.12. The van der Waals surface area contributed by atoms with E-state index in [0.717, 1.165) is 44.5 Å². The van der Waals surface area contributed by atoms with Gasteiger partial charge in [0.2, 0.25) is 0 Å². The van der Waals surface area contributed by atoms with Crippen LogP contribution in [0.15, 0.2) is 12.3 Å². The van der Waals surface area contributed by atoms with Gasteiger partial charge in [-0.1, -0.05) is 13.8 Å². The average Bonchev–Trinajstić information content (AvgIpc) is 2.81. The Kier molecular flexibility index (Phi) is 4.23. The number of Topliss-reactive ketones (excluding diaryl/α,β-unsaturated/α-hetero) is 1. The van der Waals surface area contributed by atoms with Crippen molar-refractivity contribution in [1.29, 1.82) is 0 Å². The van der Waals surface area contributed by atoms with E-state index in [9.17, 15) is 4.79 Å². The minimum absolute atomic E-state index is 0.324. The summed E-state index contributed by atoms with van der Waals surface area (Å²) >= 11 is 0. The predicted molar refractivity (Wildman–Crippen MR) is 74.2 cm³/mol. The van der Waals surface area contributed by atoms with Crippen molar-refractivity contribution >= 4 is 5.78 Å². The maximum absolute atomic E-state index is 11.8. The van der Waals surface area contributed by atoms with Gasteiger partial charge in [-0.25, -0.2) is 0 Å². The van der Waals surface area contributed by atoms with Crippen LogP contribution in [0.2, 0.25) is 0 Å². The van der Waals surface area contributed by atoms with Crippen LogP contribution in [-0.4, -0.2) is 34.9 Å². The Morgan fingerprint density at radius 3 is 2.72 bits per heavy atom. The molecule has 2 rings (SSSR count). The quantitative estimate of drug-likeness (QED) is 0.800. The molecule has 0 saturated carbocycles. The minimum atomic E-state index is 0.324. The maximum Gasteiger partial charge on any atom is 0.164 e. The van der Waals surface area contributed by atoms with Gasteiger partial charge in [0.25, 0.3) is 0 Å². The molecule has 0 spiro atoms. The van der Waals surface area contributed by atoms with E-state index in [-0.39, 0.29) is 0 Å². The van der Waals surface area contributed by atoms with Gasteiger partial charge in [0.1, 0.15) is 0 Å². The summed E-state index contributed by atoms with van der Waals surface area (Å²) in [5.41, 5.74) is 2.22. The molecule has 0 N–H and O–H groups in total. The van der Waals surface area contributed by atoms with Crippen molar-refractivity contribution in [3.05, 3.63) is 23.5 Å². The number of carbonyl (C=O) groups is 1. The molecule has 0 amide bonds. The lowest BCUT2D eigenvalue weighted by atomic mass is 9.96. The van der Waals surface area contributed by atoms with E-state index < -0.39 is 0 Å². The van der Waals surface area contributed by atoms with Gasteiger partial charge in [0, 0.05) is 36.5 Å². The molecule has 0 aliphatic heterocycles. The van der Waals surface area contributed by atoms with Crippen LogP contribution in [0.1, 0.15) is 55.7 Å². The van der Waals surface area contributed by atoms with Crippen molar-refractivity contribution in [3.63, 3.8) is 0 Å². The fraction of sp³-hybridized carbons (Fsp3) is 0.667. The molecule has 1 atom stereocenters. The highest BCUT2D eigenvalue weighted by atomic mass is 16.1. The molecule has 3 nitrogen and oxygen atoms in total. The van der Waals surface area contributed by atoms with Crippen LogP contribution < -0.4 is 0 Å². The third kappa shape index (κ3) is 2.51. The predicted octanol–water partition coefficient (Wildman–Crippen LogP) is 2.91. The third-order valence-electron chi connectivity index (χ3n) is 4.03. The molecule has 1 unspecified atom stereocenters. The zero-order valence-electron chi connectivity index (χ0n) is 11.8. The third-order valence-corrected chi connectivity index (χ3v) is 4.03. The van der Waals surface area contributed by atoms with Gasteiger partial charge in [-0.3, -0.25) is 4.79 Å². The van der Waals surface area contributed by atoms with E-state index in [1.165, 1.54) is 5.69 Å². The lowest BCUT2D eigenvalue weighted by Gasteiger charge is -2.26. The second-order valence-corrected chi connectivity index (χ2v) is 5.19. The summed E-state index contributed by atoms with van der Waals surface area (Å²) in [6, 6.07) is 2.45. The Balaban J connectivity index is 2.16. The van der Waals surface area contributed by atoms with Gasteiger partial charge >= 0.3 is 0 Å². The summed E-state index contributed by atoms with van der Waals surface area (Å²) < 4.78 is 2.31. The van der Waals surface area contributed by atoms with Crippen LogP contribution in [0.25, 0.3) is 0 Å². The monoisotopic (exact) mass is 248 g/mol. The van der Waals surface area contributed by atoms with Gasteiger partial charge in [-0.15, -0.1) is 0 Å². The number of carbonyl (C=O) groups excluding carboxylic acids is 1. The summed E-state index contributed by atoms with van der Waals surface area (Å²) in [4.78, 5) is 14.3. The Labute approximate surface area is 110 Å². The zero-order valence-corrected chi connectivity index (χ0v) is 11.8. The number of likely N-dealkylation sites (N-methyl/N-ethyl adjacent to an activating group) is 1. The normalized spacial score (nSPS) is 17.0. The van der Waals surface area contributed by atoms with Crippen LogP contribution in [-0.2, 0) is 6.42 Å². The zero-order chi connectivity index (χ0) is 13.1. The summed E-state index contributed by atoms with van der Waals surface area (Å²) in [7, 11) is 0. The Bertz CT molecular complexity index is 418. The van der Waals surface area contributed by atoms with Gasteiger partial charge < -0.3 is 9.47 Å². The van der Waals surface area contributed by atoms with Crippen molar-refractivity contribution < 1.29 is 4.79 Å². The number of fused-ring (bicyclic) bond motifs is 1.